The average molecular weight is 531 g/mol. The number of aromatic hydroxyl groups is 1. The highest BCUT2D eigenvalue weighted by Gasteiger charge is 2.30. The van der Waals surface area contributed by atoms with Gasteiger partial charge in [0.1, 0.15) is 11.3 Å². The number of carboxylic acids is 1. The minimum absolute atomic E-state index is 0.000108. The van der Waals surface area contributed by atoms with Crippen LogP contribution in [-0.4, -0.2) is 16.2 Å². The van der Waals surface area contributed by atoms with E-state index in [-0.39, 0.29) is 22.1 Å². The summed E-state index contributed by atoms with van der Waals surface area (Å²) in [5.74, 6) is -1.18. The lowest BCUT2D eigenvalue weighted by Gasteiger charge is -2.32. The monoisotopic (exact) mass is 530 g/mol. The van der Waals surface area contributed by atoms with Gasteiger partial charge in [-0.05, 0) is 90.5 Å². The standard InChI is InChI=1S/C37H38O3/c38-34-32(18-24-37(21-11-4-12-22-37)28-30-15-7-2-8-16-30)25-31(26-33(34)35(39)40)17-23-36(19-9-3-10-20-36)27-29-13-5-1-6-14-29/h1-16,19,21,25-26,38H,17-18,20,22-24,27-28H2,(H,39,40). The van der Waals surface area contributed by atoms with Crippen molar-refractivity contribution >= 4 is 5.97 Å². The van der Waals surface area contributed by atoms with Crippen LogP contribution in [-0.2, 0) is 25.7 Å². The molecule has 0 heterocycles. The summed E-state index contributed by atoms with van der Waals surface area (Å²) in [5.41, 5.74) is 4.19. The predicted octanol–water partition coefficient (Wildman–Crippen LogP) is 8.45. The van der Waals surface area contributed by atoms with Crippen LogP contribution in [0.3, 0.4) is 0 Å². The first-order valence-corrected chi connectivity index (χ1v) is 14.3. The lowest BCUT2D eigenvalue weighted by molar-refractivity contribution is 0.0693. The van der Waals surface area contributed by atoms with Crippen molar-refractivity contribution in [2.45, 2.75) is 51.4 Å². The highest BCUT2D eigenvalue weighted by atomic mass is 16.4. The quantitative estimate of drug-likeness (QED) is 0.261. The van der Waals surface area contributed by atoms with Gasteiger partial charge < -0.3 is 10.2 Å². The zero-order valence-corrected chi connectivity index (χ0v) is 23.0. The van der Waals surface area contributed by atoms with E-state index in [2.05, 4.69) is 97.1 Å². The van der Waals surface area contributed by atoms with Gasteiger partial charge in [-0.15, -0.1) is 0 Å². The smallest absolute Gasteiger partial charge is 0.339 e. The second-order valence-electron chi connectivity index (χ2n) is 11.5. The Bertz CT molecular complexity index is 1430. The summed E-state index contributed by atoms with van der Waals surface area (Å²) >= 11 is 0. The molecule has 3 aromatic carbocycles. The summed E-state index contributed by atoms with van der Waals surface area (Å²) in [5, 5.41) is 21.0. The third kappa shape index (κ3) is 6.71. The molecule has 0 aromatic heterocycles. The van der Waals surface area contributed by atoms with Gasteiger partial charge in [-0.25, -0.2) is 4.79 Å². The van der Waals surface area contributed by atoms with Crippen molar-refractivity contribution in [2.75, 3.05) is 0 Å². The molecular weight excluding hydrogens is 492 g/mol. The Morgan fingerprint density at radius 3 is 1.68 bits per heavy atom. The first-order valence-electron chi connectivity index (χ1n) is 14.3. The van der Waals surface area contributed by atoms with Crippen molar-refractivity contribution in [3.05, 3.63) is 149 Å². The van der Waals surface area contributed by atoms with E-state index in [1.807, 2.05) is 18.2 Å². The zero-order valence-electron chi connectivity index (χ0n) is 23.0. The van der Waals surface area contributed by atoms with Crippen molar-refractivity contribution < 1.29 is 15.0 Å². The first-order chi connectivity index (χ1) is 19.5. The largest absolute Gasteiger partial charge is 0.507 e. The number of allylic oxidation sites excluding steroid dienone is 8. The van der Waals surface area contributed by atoms with Gasteiger partial charge in [0.15, 0.2) is 0 Å². The van der Waals surface area contributed by atoms with E-state index in [1.54, 1.807) is 6.07 Å². The second-order valence-corrected chi connectivity index (χ2v) is 11.5. The Labute approximate surface area is 237 Å². The van der Waals surface area contributed by atoms with Gasteiger partial charge in [0.05, 0.1) is 0 Å². The van der Waals surface area contributed by atoms with Crippen LogP contribution in [0.5, 0.6) is 5.75 Å². The van der Waals surface area contributed by atoms with Gasteiger partial charge in [0.25, 0.3) is 0 Å². The molecule has 3 nitrogen and oxygen atoms in total. The number of hydrogen-bond acceptors (Lipinski definition) is 2. The maximum Gasteiger partial charge on any atom is 0.339 e. The Morgan fingerprint density at radius 1 is 0.675 bits per heavy atom. The molecule has 0 aliphatic heterocycles. The number of carboxylic acid groups (broad SMARTS) is 1. The van der Waals surface area contributed by atoms with Crippen molar-refractivity contribution in [1.82, 2.24) is 0 Å². The molecule has 0 saturated heterocycles. The molecule has 2 N–H and O–H groups in total. The molecule has 0 saturated carbocycles. The molecule has 0 spiro atoms. The number of aromatic carboxylic acids is 1. The summed E-state index contributed by atoms with van der Waals surface area (Å²) in [4.78, 5) is 12.1. The number of phenols is 1. The van der Waals surface area contributed by atoms with E-state index < -0.39 is 5.97 Å². The third-order valence-electron chi connectivity index (χ3n) is 8.52. The Morgan fingerprint density at radius 2 is 1.20 bits per heavy atom. The van der Waals surface area contributed by atoms with Crippen LogP contribution in [0.1, 0.15) is 58.3 Å². The number of carbonyl (C=O) groups is 1. The van der Waals surface area contributed by atoms with Crippen molar-refractivity contribution in [3.8, 4) is 5.75 Å². The van der Waals surface area contributed by atoms with Crippen LogP contribution in [0.25, 0.3) is 0 Å². The minimum Gasteiger partial charge on any atom is -0.507 e. The van der Waals surface area contributed by atoms with E-state index >= 15 is 0 Å². The number of hydrogen-bond donors (Lipinski definition) is 2. The maximum atomic E-state index is 12.1. The molecule has 0 bridgehead atoms. The summed E-state index contributed by atoms with van der Waals surface area (Å²) in [6.45, 7) is 0. The predicted molar refractivity (Wildman–Crippen MR) is 163 cm³/mol. The topological polar surface area (TPSA) is 57.5 Å². The van der Waals surface area contributed by atoms with Crippen LogP contribution in [0.15, 0.2) is 121 Å². The molecular formula is C37H38O3. The van der Waals surface area contributed by atoms with Gasteiger partial charge in [-0.2, -0.15) is 0 Å². The zero-order chi connectivity index (χ0) is 27.8. The fourth-order valence-electron chi connectivity index (χ4n) is 6.27. The molecule has 3 heteroatoms. The normalized spacial score (nSPS) is 21.5. The molecule has 2 unspecified atom stereocenters. The molecule has 0 amide bonds. The van der Waals surface area contributed by atoms with Gasteiger partial charge in [-0.1, -0.05) is 115 Å². The summed E-state index contributed by atoms with van der Waals surface area (Å²) in [6.07, 6.45) is 24.3. The van der Waals surface area contributed by atoms with E-state index in [9.17, 15) is 15.0 Å². The molecule has 0 radical (unpaired) electrons. The van der Waals surface area contributed by atoms with Gasteiger partial charge in [0.2, 0.25) is 0 Å². The van der Waals surface area contributed by atoms with Crippen LogP contribution in [0.4, 0.5) is 0 Å². The molecule has 204 valence electrons. The first kappa shape index (κ1) is 27.5. The fraction of sp³-hybridized carbons (Fsp3) is 0.270. The van der Waals surface area contributed by atoms with E-state index in [0.29, 0.717) is 6.42 Å². The molecule has 0 fully saturated rings. The minimum atomic E-state index is -1.08. The van der Waals surface area contributed by atoms with E-state index in [0.717, 1.165) is 56.1 Å². The molecule has 2 aliphatic carbocycles. The van der Waals surface area contributed by atoms with Gasteiger partial charge >= 0.3 is 5.97 Å². The lowest BCUT2D eigenvalue weighted by atomic mass is 9.72. The van der Waals surface area contributed by atoms with Crippen LogP contribution >= 0.6 is 0 Å². The average Bonchev–Trinajstić information content (AvgIpc) is 2.98. The summed E-state index contributed by atoms with van der Waals surface area (Å²) in [6, 6.07) is 24.8. The van der Waals surface area contributed by atoms with Crippen LogP contribution in [0, 0.1) is 10.8 Å². The van der Waals surface area contributed by atoms with Gasteiger partial charge in [-0.3, -0.25) is 0 Å². The van der Waals surface area contributed by atoms with Crippen molar-refractivity contribution in [3.63, 3.8) is 0 Å². The number of aryl methyl sites for hydroxylation is 2. The van der Waals surface area contributed by atoms with Crippen LogP contribution < -0.4 is 0 Å². The molecule has 3 aromatic rings. The van der Waals surface area contributed by atoms with Crippen LogP contribution in [0.2, 0.25) is 0 Å². The fourth-order valence-corrected chi connectivity index (χ4v) is 6.27. The van der Waals surface area contributed by atoms with E-state index in [4.69, 9.17) is 0 Å². The number of rotatable bonds is 11. The van der Waals surface area contributed by atoms with E-state index in [1.165, 1.54) is 11.1 Å². The summed E-state index contributed by atoms with van der Waals surface area (Å²) in [7, 11) is 0. The molecule has 2 atom stereocenters. The molecule has 5 rings (SSSR count). The highest BCUT2D eigenvalue weighted by molar-refractivity contribution is 5.91. The van der Waals surface area contributed by atoms with Crippen molar-refractivity contribution in [1.29, 1.82) is 0 Å². The maximum absolute atomic E-state index is 12.1. The van der Waals surface area contributed by atoms with Crippen molar-refractivity contribution in [2.24, 2.45) is 10.8 Å². The van der Waals surface area contributed by atoms with Gasteiger partial charge in [0, 0.05) is 0 Å². The number of benzene rings is 3. The Balaban J connectivity index is 1.37. The lowest BCUT2D eigenvalue weighted by Crippen LogP contribution is -2.23. The summed E-state index contributed by atoms with van der Waals surface area (Å²) < 4.78 is 0. The molecule has 2 aliphatic rings. The highest BCUT2D eigenvalue weighted by Crippen LogP contribution is 2.40. The Hall–Kier alpha value is -4.11. The molecule has 40 heavy (non-hydrogen) atoms. The second kappa shape index (κ2) is 12.4. The Kier molecular flexibility index (Phi) is 8.50. The SMILES string of the molecule is O=C(O)c1cc(CCC2(Cc3ccccc3)C=CC=CC2)cc(CCC2(Cc3ccccc3)C=CC=CC2)c1O. The third-order valence-corrected chi connectivity index (χ3v) is 8.52.